The minimum Gasteiger partial charge on any atom is -0.492 e. The molecule has 128 valence electrons. The van der Waals surface area contributed by atoms with Crippen LogP contribution in [0.15, 0.2) is 34.7 Å². The lowest BCUT2D eigenvalue weighted by Crippen LogP contribution is -2.38. The number of hydrogen-bond donors (Lipinski definition) is 1. The van der Waals surface area contributed by atoms with Crippen LogP contribution in [0.2, 0.25) is 0 Å². The van der Waals surface area contributed by atoms with Gasteiger partial charge in [0.15, 0.2) is 0 Å². The van der Waals surface area contributed by atoms with Crippen molar-refractivity contribution in [2.45, 2.75) is 6.92 Å². The van der Waals surface area contributed by atoms with Crippen molar-refractivity contribution < 1.29 is 9.47 Å². The van der Waals surface area contributed by atoms with Gasteiger partial charge in [-0.15, -0.1) is 11.3 Å². The Hall–Kier alpha value is -1.96. The third-order valence-corrected chi connectivity index (χ3v) is 4.52. The maximum absolute atomic E-state index is 5.79. The smallest absolute Gasteiger partial charge is 0.203 e. The Balaban J connectivity index is 1.41. The zero-order valence-electron chi connectivity index (χ0n) is 13.8. The summed E-state index contributed by atoms with van der Waals surface area (Å²) >= 11 is 1.54. The number of aryl methyl sites for hydroxylation is 1. The van der Waals surface area contributed by atoms with E-state index in [9.17, 15) is 0 Å². The highest BCUT2D eigenvalue weighted by atomic mass is 32.1. The Kier molecular flexibility index (Phi) is 6.17. The number of anilines is 1. The number of hydrogen-bond acceptors (Lipinski definition) is 7. The van der Waals surface area contributed by atoms with Gasteiger partial charge >= 0.3 is 0 Å². The first-order chi connectivity index (χ1) is 11.8. The molecular weight excluding hydrogens is 324 g/mol. The van der Waals surface area contributed by atoms with Gasteiger partial charge in [0, 0.05) is 25.0 Å². The van der Waals surface area contributed by atoms with E-state index in [-0.39, 0.29) is 0 Å². The van der Waals surface area contributed by atoms with E-state index in [4.69, 9.17) is 9.47 Å². The number of benzene rings is 1. The molecule has 2 heterocycles. The van der Waals surface area contributed by atoms with Crippen molar-refractivity contribution in [2.75, 3.05) is 44.9 Å². The number of hydrazone groups is 1. The molecule has 0 radical (unpaired) electrons. The summed E-state index contributed by atoms with van der Waals surface area (Å²) in [5.74, 6) is 0.879. The largest absolute Gasteiger partial charge is 0.492 e. The molecule has 3 rings (SSSR count). The van der Waals surface area contributed by atoms with Crippen LogP contribution in [-0.4, -0.2) is 55.6 Å². The van der Waals surface area contributed by atoms with Gasteiger partial charge in [0.25, 0.3) is 0 Å². The highest BCUT2D eigenvalue weighted by Gasteiger charge is 2.09. The fourth-order valence-electron chi connectivity index (χ4n) is 2.33. The van der Waals surface area contributed by atoms with Crippen molar-refractivity contribution in [3.8, 4) is 5.75 Å². The second kappa shape index (κ2) is 8.77. The van der Waals surface area contributed by atoms with Gasteiger partial charge in [0.05, 0.1) is 25.1 Å². The molecule has 0 aliphatic carbocycles. The van der Waals surface area contributed by atoms with Crippen molar-refractivity contribution in [3.63, 3.8) is 0 Å². The van der Waals surface area contributed by atoms with Crippen molar-refractivity contribution in [3.05, 3.63) is 40.9 Å². The van der Waals surface area contributed by atoms with Crippen LogP contribution in [0.1, 0.15) is 11.3 Å². The van der Waals surface area contributed by atoms with Crippen LogP contribution in [0.3, 0.4) is 0 Å². The van der Waals surface area contributed by atoms with Gasteiger partial charge in [-0.3, -0.25) is 10.3 Å². The third kappa shape index (κ3) is 5.30. The predicted molar refractivity (Wildman–Crippen MR) is 97.3 cm³/mol. The number of morpholine rings is 1. The predicted octanol–water partition coefficient (Wildman–Crippen LogP) is 2.61. The molecule has 0 atom stereocenters. The first-order valence-corrected chi connectivity index (χ1v) is 8.92. The Morgan fingerprint density at radius 2 is 2.12 bits per heavy atom. The fourth-order valence-corrected chi connectivity index (χ4v) is 2.97. The summed E-state index contributed by atoms with van der Waals surface area (Å²) in [6, 6.07) is 7.91. The molecule has 0 unspecified atom stereocenters. The summed E-state index contributed by atoms with van der Waals surface area (Å²) in [6.07, 6.45) is 1.77. The number of ether oxygens (including phenoxy) is 2. The van der Waals surface area contributed by atoms with E-state index < -0.39 is 0 Å². The van der Waals surface area contributed by atoms with Crippen LogP contribution in [0, 0.1) is 6.92 Å². The molecule has 1 aromatic heterocycles. The molecular formula is C17H22N4O2S. The molecule has 2 aromatic rings. The summed E-state index contributed by atoms with van der Waals surface area (Å²) < 4.78 is 11.1. The minimum atomic E-state index is 0.693. The molecule has 0 amide bonds. The van der Waals surface area contributed by atoms with E-state index in [1.807, 2.05) is 36.6 Å². The minimum absolute atomic E-state index is 0.693. The monoisotopic (exact) mass is 346 g/mol. The highest BCUT2D eigenvalue weighted by Crippen LogP contribution is 2.14. The number of aromatic nitrogens is 1. The van der Waals surface area contributed by atoms with Crippen molar-refractivity contribution in [1.29, 1.82) is 0 Å². The first-order valence-electron chi connectivity index (χ1n) is 8.04. The second-order valence-corrected chi connectivity index (χ2v) is 6.39. The van der Waals surface area contributed by atoms with Crippen molar-refractivity contribution in [2.24, 2.45) is 5.10 Å². The van der Waals surface area contributed by atoms with Crippen LogP contribution in [-0.2, 0) is 4.74 Å². The summed E-state index contributed by atoms with van der Waals surface area (Å²) in [5.41, 5.74) is 4.94. The van der Waals surface area contributed by atoms with E-state index >= 15 is 0 Å². The van der Waals surface area contributed by atoms with Gasteiger partial charge in [0.1, 0.15) is 12.4 Å². The van der Waals surface area contributed by atoms with Gasteiger partial charge in [-0.1, -0.05) is 0 Å². The van der Waals surface area contributed by atoms with Crippen LogP contribution in [0.5, 0.6) is 5.75 Å². The van der Waals surface area contributed by atoms with Gasteiger partial charge in [-0.2, -0.15) is 5.10 Å². The Bertz CT molecular complexity index is 651. The standard InChI is InChI=1S/C17H22N4O2S/c1-14-13-24-17(19-14)20-18-12-15-2-4-16(5-3-15)23-11-8-21-6-9-22-10-7-21/h2-5,12-13H,6-11H2,1H3,(H,19,20). The van der Waals surface area contributed by atoms with Gasteiger partial charge in [-0.05, 0) is 36.8 Å². The molecule has 1 aromatic carbocycles. The van der Waals surface area contributed by atoms with Crippen molar-refractivity contribution in [1.82, 2.24) is 9.88 Å². The quantitative estimate of drug-likeness (QED) is 0.617. The summed E-state index contributed by atoms with van der Waals surface area (Å²) in [6.45, 7) is 7.21. The summed E-state index contributed by atoms with van der Waals surface area (Å²) in [7, 11) is 0. The highest BCUT2D eigenvalue weighted by molar-refractivity contribution is 7.13. The maximum atomic E-state index is 5.79. The molecule has 1 aliphatic heterocycles. The van der Waals surface area contributed by atoms with Gasteiger partial charge in [0.2, 0.25) is 5.13 Å². The lowest BCUT2D eigenvalue weighted by atomic mass is 10.2. The van der Waals surface area contributed by atoms with E-state index in [0.29, 0.717) is 6.61 Å². The lowest BCUT2D eigenvalue weighted by molar-refractivity contribution is 0.0322. The van der Waals surface area contributed by atoms with E-state index in [1.54, 1.807) is 17.6 Å². The second-order valence-electron chi connectivity index (χ2n) is 5.54. The lowest BCUT2D eigenvalue weighted by Gasteiger charge is -2.26. The Labute approximate surface area is 146 Å². The SMILES string of the molecule is Cc1csc(NN=Cc2ccc(OCCN3CCOCC3)cc2)n1. The molecule has 1 N–H and O–H groups in total. The number of nitrogens with one attached hydrogen (secondary N) is 1. The maximum Gasteiger partial charge on any atom is 0.203 e. The van der Waals surface area contributed by atoms with E-state index in [2.05, 4.69) is 20.4 Å². The molecule has 1 saturated heterocycles. The molecule has 7 heteroatoms. The average molecular weight is 346 g/mol. The summed E-state index contributed by atoms with van der Waals surface area (Å²) in [5, 5.41) is 6.98. The Morgan fingerprint density at radius 3 is 2.83 bits per heavy atom. The molecule has 24 heavy (non-hydrogen) atoms. The van der Waals surface area contributed by atoms with E-state index in [1.165, 1.54) is 0 Å². The zero-order valence-corrected chi connectivity index (χ0v) is 14.6. The van der Waals surface area contributed by atoms with Crippen LogP contribution in [0.25, 0.3) is 0 Å². The first kappa shape index (κ1) is 16.9. The van der Waals surface area contributed by atoms with Crippen LogP contribution < -0.4 is 10.2 Å². The molecule has 0 bridgehead atoms. The normalized spacial score (nSPS) is 15.7. The number of rotatable bonds is 7. The van der Waals surface area contributed by atoms with Gasteiger partial charge < -0.3 is 9.47 Å². The van der Waals surface area contributed by atoms with Gasteiger partial charge in [-0.25, -0.2) is 4.98 Å². The third-order valence-electron chi connectivity index (χ3n) is 3.65. The molecule has 0 spiro atoms. The van der Waals surface area contributed by atoms with Crippen molar-refractivity contribution >= 4 is 22.7 Å². The van der Waals surface area contributed by atoms with E-state index in [0.717, 1.165) is 55.0 Å². The fraction of sp³-hybridized carbons (Fsp3) is 0.412. The number of thiazole rings is 1. The summed E-state index contributed by atoms with van der Waals surface area (Å²) in [4.78, 5) is 6.65. The Morgan fingerprint density at radius 1 is 1.33 bits per heavy atom. The van der Waals surface area contributed by atoms with Crippen LogP contribution in [0.4, 0.5) is 5.13 Å². The molecule has 0 saturated carbocycles. The van der Waals surface area contributed by atoms with Crippen LogP contribution >= 0.6 is 11.3 Å². The molecule has 1 fully saturated rings. The molecule has 1 aliphatic rings. The average Bonchev–Trinajstić information content (AvgIpc) is 3.03. The zero-order chi connectivity index (χ0) is 16.6. The number of nitrogens with zero attached hydrogens (tertiary/aromatic N) is 3. The molecule has 6 nitrogen and oxygen atoms in total. The topological polar surface area (TPSA) is 59.0 Å².